The number of H-pyrrole nitrogens is 1. The van der Waals surface area contributed by atoms with Gasteiger partial charge in [0, 0.05) is 26.7 Å². The summed E-state index contributed by atoms with van der Waals surface area (Å²) in [5.74, 6) is -0.907. The summed E-state index contributed by atoms with van der Waals surface area (Å²) in [5, 5.41) is 0.00894. The fourth-order valence-corrected chi connectivity index (χ4v) is 4.95. The zero-order valence-electron chi connectivity index (χ0n) is 18.5. The zero-order valence-corrected chi connectivity index (χ0v) is 20.1. The van der Waals surface area contributed by atoms with Gasteiger partial charge in [0.15, 0.2) is 5.69 Å². The number of rotatable bonds is 9. The minimum atomic E-state index is -3.84. The van der Waals surface area contributed by atoms with Gasteiger partial charge in [-0.05, 0) is 24.6 Å². The van der Waals surface area contributed by atoms with Crippen LogP contribution < -0.4 is 21.9 Å². The van der Waals surface area contributed by atoms with Crippen LogP contribution in [0.4, 0.5) is 11.5 Å². The first-order valence-electron chi connectivity index (χ1n) is 10.2. The normalized spacial score (nSPS) is 11.7. The smallest absolute Gasteiger partial charge is 0.330 e. The maximum absolute atomic E-state index is 13.2. The number of aromatic amines is 1. The van der Waals surface area contributed by atoms with Crippen LogP contribution >= 0.6 is 11.6 Å². The van der Waals surface area contributed by atoms with E-state index in [0.29, 0.717) is 6.42 Å². The second kappa shape index (κ2) is 10.3. The van der Waals surface area contributed by atoms with E-state index in [2.05, 4.69) is 4.98 Å². The number of hydrogen-bond donors (Lipinski definition) is 2. The molecule has 176 valence electrons. The van der Waals surface area contributed by atoms with E-state index in [1.165, 1.54) is 34.1 Å². The number of sulfonamides is 1. The Balaban J connectivity index is 2.57. The number of nitrogens with one attached hydrogen (secondary N) is 1. The number of carbonyl (C=O) groups excluding carboxylic acids is 1. The molecule has 0 atom stereocenters. The molecule has 0 aliphatic heterocycles. The fraction of sp³-hybridized carbons (Fsp3) is 0.450. The molecule has 0 unspecified atom stereocenters. The van der Waals surface area contributed by atoms with Crippen LogP contribution in [-0.4, -0.2) is 48.3 Å². The Labute approximate surface area is 191 Å². The van der Waals surface area contributed by atoms with Crippen molar-refractivity contribution in [2.24, 2.45) is 0 Å². The molecule has 12 heteroatoms. The molecule has 10 nitrogen and oxygen atoms in total. The summed E-state index contributed by atoms with van der Waals surface area (Å²) in [6, 6.07) is 3.81. The third kappa shape index (κ3) is 4.89. The summed E-state index contributed by atoms with van der Waals surface area (Å²) in [6.45, 7) is 6.14. The molecule has 1 aromatic carbocycles. The largest absolute Gasteiger partial charge is 0.383 e. The Hall–Kier alpha value is -2.63. The van der Waals surface area contributed by atoms with Crippen molar-refractivity contribution >= 4 is 39.0 Å². The summed E-state index contributed by atoms with van der Waals surface area (Å²) >= 11 is 6.20. The second-order valence-electron chi connectivity index (χ2n) is 7.09. The quantitative estimate of drug-likeness (QED) is 0.556. The Morgan fingerprint density at radius 2 is 1.81 bits per heavy atom. The number of nitrogen functional groups attached to an aromatic ring is 1. The van der Waals surface area contributed by atoms with Gasteiger partial charge in [0.2, 0.25) is 10.0 Å². The predicted molar refractivity (Wildman–Crippen MR) is 125 cm³/mol. The van der Waals surface area contributed by atoms with E-state index < -0.39 is 27.2 Å². The molecule has 0 bridgehead atoms. The van der Waals surface area contributed by atoms with Gasteiger partial charge in [0.1, 0.15) is 5.82 Å². The first-order chi connectivity index (χ1) is 15.0. The predicted octanol–water partition coefficient (Wildman–Crippen LogP) is 1.88. The van der Waals surface area contributed by atoms with Gasteiger partial charge in [-0.15, -0.1) is 0 Å². The van der Waals surface area contributed by atoms with Gasteiger partial charge in [-0.25, -0.2) is 13.2 Å². The minimum absolute atomic E-state index is 0.00894. The molecule has 1 aromatic heterocycles. The van der Waals surface area contributed by atoms with E-state index in [1.54, 1.807) is 13.8 Å². The highest BCUT2D eigenvalue weighted by Gasteiger charge is 2.27. The van der Waals surface area contributed by atoms with Crippen molar-refractivity contribution in [3.8, 4) is 0 Å². The number of carbonyl (C=O) groups is 1. The third-order valence-electron chi connectivity index (χ3n) is 5.10. The topological polar surface area (TPSA) is 139 Å². The van der Waals surface area contributed by atoms with Gasteiger partial charge < -0.3 is 10.6 Å². The lowest BCUT2D eigenvalue weighted by Crippen LogP contribution is -2.39. The van der Waals surface area contributed by atoms with Crippen molar-refractivity contribution in [2.75, 3.05) is 30.8 Å². The number of anilines is 2. The lowest BCUT2D eigenvalue weighted by Gasteiger charge is -2.22. The number of benzene rings is 1. The molecule has 0 radical (unpaired) electrons. The molecule has 0 spiro atoms. The van der Waals surface area contributed by atoms with Crippen LogP contribution in [0.2, 0.25) is 5.02 Å². The number of aromatic nitrogens is 2. The van der Waals surface area contributed by atoms with Crippen LogP contribution in [0.25, 0.3) is 0 Å². The van der Waals surface area contributed by atoms with Crippen LogP contribution in [0.5, 0.6) is 0 Å². The van der Waals surface area contributed by atoms with E-state index in [9.17, 15) is 22.8 Å². The average Bonchev–Trinajstić information content (AvgIpc) is 2.73. The molecule has 1 amide bonds. The van der Waals surface area contributed by atoms with Crippen LogP contribution in [0.15, 0.2) is 32.7 Å². The lowest BCUT2D eigenvalue weighted by atomic mass is 10.2. The summed E-state index contributed by atoms with van der Waals surface area (Å²) in [7, 11) is -2.53. The van der Waals surface area contributed by atoms with Gasteiger partial charge in [0.25, 0.3) is 11.5 Å². The summed E-state index contributed by atoms with van der Waals surface area (Å²) in [6.07, 6.45) is 1.43. The Bertz CT molecular complexity index is 1220. The zero-order chi connectivity index (χ0) is 24.2. The van der Waals surface area contributed by atoms with Crippen molar-refractivity contribution in [2.45, 2.75) is 45.1 Å². The molecule has 0 fully saturated rings. The molecule has 3 N–H and O–H groups in total. The number of hydrogen-bond acceptors (Lipinski definition) is 6. The molecular formula is C20H28ClN5O5S. The number of unbranched alkanes of at least 4 members (excludes halogenated alkanes) is 1. The monoisotopic (exact) mass is 485 g/mol. The van der Waals surface area contributed by atoms with Gasteiger partial charge in [-0.2, -0.15) is 4.31 Å². The van der Waals surface area contributed by atoms with Crippen molar-refractivity contribution in [1.29, 1.82) is 0 Å². The standard InChI is InChI=1S/C20H28ClN5O5S/c1-5-8-11-26-17(22)16(18(27)23-20(26)29)24(4)19(28)14-12-13(9-10-15(14)21)32(30,31)25(6-2)7-3/h9-10,12H,5-8,11,22H2,1-4H3,(H,23,27,29). The number of halogens is 1. The Morgan fingerprint density at radius 1 is 1.19 bits per heavy atom. The fourth-order valence-electron chi connectivity index (χ4n) is 3.26. The van der Waals surface area contributed by atoms with Crippen molar-refractivity contribution < 1.29 is 13.2 Å². The number of nitrogens with two attached hydrogens (primary N) is 1. The van der Waals surface area contributed by atoms with Crippen molar-refractivity contribution in [1.82, 2.24) is 13.9 Å². The van der Waals surface area contributed by atoms with Crippen LogP contribution in [-0.2, 0) is 16.6 Å². The Morgan fingerprint density at radius 3 is 2.38 bits per heavy atom. The first-order valence-corrected chi connectivity index (χ1v) is 12.0. The molecule has 0 saturated heterocycles. The van der Waals surface area contributed by atoms with Crippen LogP contribution in [0.3, 0.4) is 0 Å². The highest BCUT2D eigenvalue weighted by atomic mass is 35.5. The summed E-state index contributed by atoms with van der Waals surface area (Å²) in [5.41, 5.74) is 4.22. The molecule has 0 saturated carbocycles. The maximum Gasteiger partial charge on any atom is 0.330 e. The van der Waals surface area contributed by atoms with E-state index >= 15 is 0 Å². The van der Waals surface area contributed by atoms with E-state index in [4.69, 9.17) is 17.3 Å². The van der Waals surface area contributed by atoms with Gasteiger partial charge >= 0.3 is 5.69 Å². The number of amides is 1. The highest BCUT2D eigenvalue weighted by molar-refractivity contribution is 7.89. The molecule has 32 heavy (non-hydrogen) atoms. The lowest BCUT2D eigenvalue weighted by molar-refractivity contribution is 0.0992. The molecule has 1 heterocycles. The van der Waals surface area contributed by atoms with Crippen LogP contribution in [0.1, 0.15) is 44.0 Å². The average molecular weight is 486 g/mol. The Kier molecular flexibility index (Phi) is 8.27. The maximum atomic E-state index is 13.2. The SMILES string of the molecule is CCCCn1c(N)c(N(C)C(=O)c2cc(S(=O)(=O)N(CC)CC)ccc2Cl)c(=O)[nH]c1=O. The van der Waals surface area contributed by atoms with E-state index in [1.807, 2.05) is 6.92 Å². The molecule has 2 rings (SSSR count). The van der Waals surface area contributed by atoms with E-state index in [-0.39, 0.29) is 46.6 Å². The van der Waals surface area contributed by atoms with Gasteiger partial charge in [-0.3, -0.25) is 19.1 Å². The minimum Gasteiger partial charge on any atom is -0.383 e. The van der Waals surface area contributed by atoms with Gasteiger partial charge in [-0.1, -0.05) is 38.8 Å². The van der Waals surface area contributed by atoms with Crippen molar-refractivity contribution in [3.63, 3.8) is 0 Å². The summed E-state index contributed by atoms with van der Waals surface area (Å²) < 4.78 is 28.1. The molecular weight excluding hydrogens is 458 g/mol. The van der Waals surface area contributed by atoms with Gasteiger partial charge in [0.05, 0.1) is 15.5 Å². The molecule has 0 aliphatic rings. The molecule has 2 aromatic rings. The first kappa shape index (κ1) is 25.6. The molecule has 0 aliphatic carbocycles. The second-order valence-corrected chi connectivity index (χ2v) is 9.44. The van der Waals surface area contributed by atoms with Crippen LogP contribution in [0, 0.1) is 0 Å². The summed E-state index contributed by atoms with van der Waals surface area (Å²) in [4.78, 5) is 40.8. The van der Waals surface area contributed by atoms with E-state index in [0.717, 1.165) is 11.3 Å². The van der Waals surface area contributed by atoms with Crippen molar-refractivity contribution in [3.05, 3.63) is 49.6 Å². The third-order valence-corrected chi connectivity index (χ3v) is 7.48. The number of nitrogens with zero attached hydrogens (tertiary/aromatic N) is 3. The highest BCUT2D eigenvalue weighted by Crippen LogP contribution is 2.26.